The first-order valence-electron chi connectivity index (χ1n) is 6.48. The van der Waals surface area contributed by atoms with Crippen LogP contribution in [0.25, 0.3) is 0 Å². The summed E-state index contributed by atoms with van der Waals surface area (Å²) in [4.78, 5) is 0. The van der Waals surface area contributed by atoms with Gasteiger partial charge in [-0.15, -0.1) is 0 Å². The van der Waals surface area contributed by atoms with E-state index in [1.54, 1.807) is 0 Å². The second kappa shape index (κ2) is 6.79. The highest BCUT2D eigenvalue weighted by Crippen LogP contribution is 2.25. The van der Waals surface area contributed by atoms with Gasteiger partial charge in [-0.2, -0.15) is 0 Å². The molecule has 2 rings (SSSR count). The molecule has 2 saturated heterocycles. The molecule has 0 aromatic carbocycles. The number of aliphatic hydroxyl groups is 7. The Morgan fingerprint density at radius 3 is 2.05 bits per heavy atom. The topological polar surface area (TPSA) is 169 Å². The fourth-order valence-corrected chi connectivity index (χ4v) is 2.21. The minimum atomic E-state index is -1.65. The summed E-state index contributed by atoms with van der Waals surface area (Å²) in [6.45, 7) is -0.930. The van der Waals surface area contributed by atoms with Crippen LogP contribution in [0, 0.1) is 0 Å². The third-order valence-corrected chi connectivity index (χ3v) is 3.57. The van der Waals surface area contributed by atoms with Gasteiger partial charge in [0.05, 0.1) is 13.2 Å². The molecule has 2 aliphatic heterocycles. The summed E-state index contributed by atoms with van der Waals surface area (Å²) < 4.78 is 15.2. The number of aliphatic hydroxyl groups excluding tert-OH is 7. The van der Waals surface area contributed by atoms with Crippen LogP contribution in [0.15, 0.2) is 0 Å². The van der Waals surface area contributed by atoms with Gasteiger partial charge in [-0.3, -0.25) is 0 Å². The average Bonchev–Trinajstić information content (AvgIpc) is 2.48. The molecule has 0 bridgehead atoms. The van der Waals surface area contributed by atoms with Crippen LogP contribution in [0.3, 0.4) is 0 Å². The molecule has 124 valence electrons. The molecule has 9 atom stereocenters. The van der Waals surface area contributed by atoms with Crippen molar-refractivity contribution in [3.63, 3.8) is 0 Å². The molecule has 7 N–H and O–H groups in total. The summed E-state index contributed by atoms with van der Waals surface area (Å²) in [6.07, 6.45) is -13.3. The molecule has 10 heteroatoms. The van der Waals surface area contributed by atoms with Gasteiger partial charge >= 0.3 is 0 Å². The lowest BCUT2D eigenvalue weighted by atomic mass is 9.99. The Labute approximate surface area is 119 Å². The van der Waals surface area contributed by atoms with Crippen LogP contribution >= 0.6 is 0 Å². The van der Waals surface area contributed by atoms with Gasteiger partial charge in [-0.25, -0.2) is 0 Å². The van der Waals surface area contributed by atoms with E-state index < -0.39 is 61.9 Å². The predicted molar refractivity (Wildman–Crippen MR) is 62.6 cm³/mol. The third-order valence-electron chi connectivity index (χ3n) is 3.57. The van der Waals surface area contributed by atoms with Crippen molar-refractivity contribution in [1.29, 1.82) is 0 Å². The SMILES string of the molecule is OC[C@H]1O[C@@H](O[C@@H]2OC[C@@H](O)[C@H](O)[C@H]2O)[C@H](O)[C@@H](O)[C@H]1O. The zero-order valence-corrected chi connectivity index (χ0v) is 11.0. The molecule has 0 amide bonds. The van der Waals surface area contributed by atoms with Gasteiger partial charge in [0.25, 0.3) is 0 Å². The van der Waals surface area contributed by atoms with Crippen molar-refractivity contribution < 1.29 is 50.0 Å². The second-order valence-electron chi connectivity index (χ2n) is 5.08. The van der Waals surface area contributed by atoms with Crippen molar-refractivity contribution in [1.82, 2.24) is 0 Å². The van der Waals surface area contributed by atoms with Crippen LogP contribution in [-0.2, 0) is 14.2 Å². The predicted octanol–water partition coefficient (Wildman–Crippen LogP) is -4.76. The maximum absolute atomic E-state index is 9.77. The Morgan fingerprint density at radius 1 is 0.810 bits per heavy atom. The summed E-state index contributed by atoms with van der Waals surface area (Å²) >= 11 is 0. The number of rotatable bonds is 3. The van der Waals surface area contributed by atoms with E-state index in [1.165, 1.54) is 0 Å². The standard InChI is InChI=1S/C11H20O10/c12-1-4-6(15)7(16)9(18)11(20-4)21-10-8(17)5(14)3(13)2-19-10/h3-18H,1-2H2/t3-,4-,5+,6+,7+,8-,9-,10+,11+/m1/s1. The summed E-state index contributed by atoms with van der Waals surface area (Å²) in [6, 6.07) is 0. The summed E-state index contributed by atoms with van der Waals surface area (Å²) in [5, 5.41) is 66.5. The maximum Gasteiger partial charge on any atom is 0.189 e. The van der Waals surface area contributed by atoms with Crippen molar-refractivity contribution in [2.24, 2.45) is 0 Å². The highest BCUT2D eigenvalue weighted by molar-refractivity contribution is 4.90. The first kappa shape index (κ1) is 17.0. The second-order valence-corrected chi connectivity index (χ2v) is 5.08. The zero-order chi connectivity index (χ0) is 15.7. The monoisotopic (exact) mass is 312 g/mol. The minimum Gasteiger partial charge on any atom is -0.394 e. The molecule has 2 aliphatic rings. The molecule has 2 fully saturated rings. The van der Waals surface area contributed by atoms with E-state index in [2.05, 4.69) is 0 Å². The molecule has 0 aromatic heterocycles. The minimum absolute atomic E-state index is 0.305. The first-order valence-corrected chi connectivity index (χ1v) is 6.48. The largest absolute Gasteiger partial charge is 0.394 e. The van der Waals surface area contributed by atoms with Crippen molar-refractivity contribution in [3.05, 3.63) is 0 Å². The molecular formula is C11H20O10. The highest BCUT2D eigenvalue weighted by atomic mass is 16.8. The molecular weight excluding hydrogens is 292 g/mol. The van der Waals surface area contributed by atoms with Gasteiger partial charge in [0.1, 0.15) is 42.7 Å². The summed E-state index contributed by atoms with van der Waals surface area (Å²) in [5.41, 5.74) is 0. The van der Waals surface area contributed by atoms with Crippen molar-refractivity contribution in [2.45, 2.75) is 55.3 Å². The van der Waals surface area contributed by atoms with Crippen molar-refractivity contribution >= 4 is 0 Å². The number of hydrogen-bond acceptors (Lipinski definition) is 10. The molecule has 21 heavy (non-hydrogen) atoms. The van der Waals surface area contributed by atoms with Gasteiger partial charge in [0.15, 0.2) is 12.6 Å². The van der Waals surface area contributed by atoms with E-state index in [0.717, 1.165) is 0 Å². The van der Waals surface area contributed by atoms with Crippen LogP contribution in [0.4, 0.5) is 0 Å². The molecule has 0 aromatic rings. The van der Waals surface area contributed by atoms with Crippen molar-refractivity contribution in [2.75, 3.05) is 13.2 Å². The van der Waals surface area contributed by atoms with Gasteiger partial charge < -0.3 is 50.0 Å². The van der Waals surface area contributed by atoms with E-state index in [0.29, 0.717) is 0 Å². The van der Waals surface area contributed by atoms with E-state index >= 15 is 0 Å². The highest BCUT2D eigenvalue weighted by Gasteiger charge is 2.47. The Morgan fingerprint density at radius 2 is 1.43 bits per heavy atom. The summed E-state index contributed by atoms with van der Waals surface area (Å²) in [7, 11) is 0. The number of hydrogen-bond donors (Lipinski definition) is 7. The quantitative estimate of drug-likeness (QED) is 0.268. The molecule has 0 spiro atoms. The van der Waals surface area contributed by atoms with E-state index in [4.69, 9.17) is 19.3 Å². The lowest BCUT2D eigenvalue weighted by molar-refractivity contribution is -0.365. The molecule has 0 saturated carbocycles. The number of ether oxygens (including phenoxy) is 3. The van der Waals surface area contributed by atoms with E-state index in [9.17, 15) is 30.6 Å². The van der Waals surface area contributed by atoms with Crippen LogP contribution < -0.4 is 0 Å². The fraction of sp³-hybridized carbons (Fsp3) is 1.00. The third kappa shape index (κ3) is 3.35. The molecule has 2 heterocycles. The Hall–Kier alpha value is -0.400. The van der Waals surface area contributed by atoms with Crippen molar-refractivity contribution in [3.8, 4) is 0 Å². The van der Waals surface area contributed by atoms with Crippen LogP contribution in [0.1, 0.15) is 0 Å². The molecule has 0 radical (unpaired) electrons. The van der Waals surface area contributed by atoms with E-state index in [1.807, 2.05) is 0 Å². The summed E-state index contributed by atoms with van der Waals surface area (Å²) in [5.74, 6) is 0. The van der Waals surface area contributed by atoms with Crippen LogP contribution in [0.2, 0.25) is 0 Å². The Bertz CT molecular complexity index is 339. The molecule has 0 unspecified atom stereocenters. The lowest BCUT2D eigenvalue weighted by Crippen LogP contribution is -2.62. The lowest BCUT2D eigenvalue weighted by Gasteiger charge is -2.42. The average molecular weight is 312 g/mol. The zero-order valence-electron chi connectivity index (χ0n) is 11.0. The van der Waals surface area contributed by atoms with Gasteiger partial charge in [-0.05, 0) is 0 Å². The van der Waals surface area contributed by atoms with Gasteiger partial charge in [-0.1, -0.05) is 0 Å². The maximum atomic E-state index is 9.77. The fourth-order valence-electron chi connectivity index (χ4n) is 2.21. The first-order chi connectivity index (χ1) is 9.86. The van der Waals surface area contributed by atoms with Crippen LogP contribution in [0.5, 0.6) is 0 Å². The van der Waals surface area contributed by atoms with Gasteiger partial charge in [0, 0.05) is 0 Å². The van der Waals surface area contributed by atoms with E-state index in [-0.39, 0.29) is 6.61 Å². The smallest absolute Gasteiger partial charge is 0.189 e. The Balaban J connectivity index is 2.01. The molecule has 0 aliphatic carbocycles. The molecule has 10 nitrogen and oxygen atoms in total. The van der Waals surface area contributed by atoms with Gasteiger partial charge in [0.2, 0.25) is 0 Å². The normalized spacial score (nSPS) is 51.9. The van der Waals surface area contributed by atoms with Crippen LogP contribution in [-0.4, -0.2) is 104 Å². The Kier molecular flexibility index (Phi) is 5.48.